The first kappa shape index (κ1) is 24.4. The minimum atomic E-state index is -1.46. The van der Waals surface area contributed by atoms with E-state index in [0.717, 1.165) is 0 Å². The van der Waals surface area contributed by atoms with Gasteiger partial charge in [-0.1, -0.05) is 12.1 Å². The van der Waals surface area contributed by atoms with Gasteiger partial charge in [-0.15, -0.1) is 0 Å². The molecule has 12 nitrogen and oxygen atoms in total. The third-order valence-corrected chi connectivity index (χ3v) is 4.06. The molecule has 0 aliphatic heterocycles. The molecule has 30 heavy (non-hydrogen) atoms. The third kappa shape index (κ3) is 8.56. The van der Waals surface area contributed by atoms with Crippen molar-refractivity contribution in [1.82, 2.24) is 10.6 Å². The maximum Gasteiger partial charge on any atom is 0.326 e. The second-order valence-corrected chi connectivity index (χ2v) is 6.61. The normalized spacial score (nSPS) is 13.5. The predicted octanol–water partition coefficient (Wildman–Crippen LogP) is -2.54. The number of phenols is 1. The summed E-state index contributed by atoms with van der Waals surface area (Å²) in [5.41, 5.74) is 16.6. The van der Waals surface area contributed by atoms with Gasteiger partial charge in [-0.3, -0.25) is 19.2 Å². The molecule has 1 rings (SSSR count). The topological polar surface area (TPSA) is 228 Å². The molecular formula is C18H25N5O7. The van der Waals surface area contributed by atoms with Crippen molar-refractivity contribution in [3.63, 3.8) is 0 Å². The Morgan fingerprint density at radius 1 is 0.900 bits per heavy atom. The molecule has 10 N–H and O–H groups in total. The number of amides is 4. The van der Waals surface area contributed by atoms with Crippen LogP contribution in [0.15, 0.2) is 24.3 Å². The van der Waals surface area contributed by atoms with E-state index in [1.807, 2.05) is 0 Å². The van der Waals surface area contributed by atoms with Crippen molar-refractivity contribution < 1.29 is 34.2 Å². The van der Waals surface area contributed by atoms with E-state index in [9.17, 15) is 29.1 Å². The number of hydrogen-bond donors (Lipinski definition) is 7. The minimum absolute atomic E-state index is 0.0410. The third-order valence-electron chi connectivity index (χ3n) is 4.06. The molecule has 164 valence electrons. The molecule has 0 radical (unpaired) electrons. The zero-order chi connectivity index (χ0) is 22.8. The Kier molecular flexibility index (Phi) is 9.23. The van der Waals surface area contributed by atoms with E-state index in [4.69, 9.17) is 22.3 Å². The van der Waals surface area contributed by atoms with Crippen LogP contribution in [0.1, 0.15) is 24.8 Å². The van der Waals surface area contributed by atoms with E-state index >= 15 is 0 Å². The number of carbonyl (C=O) groups excluding carboxylic acids is 4. The molecule has 0 aliphatic carbocycles. The quantitative estimate of drug-likeness (QED) is 0.189. The van der Waals surface area contributed by atoms with Crippen molar-refractivity contribution >= 4 is 29.6 Å². The average Bonchev–Trinajstić information content (AvgIpc) is 2.65. The summed E-state index contributed by atoms with van der Waals surface area (Å²) in [5, 5.41) is 22.9. The van der Waals surface area contributed by atoms with Gasteiger partial charge in [-0.25, -0.2) is 4.79 Å². The summed E-state index contributed by atoms with van der Waals surface area (Å²) < 4.78 is 0. The van der Waals surface area contributed by atoms with Crippen LogP contribution in [-0.2, 0) is 30.4 Å². The van der Waals surface area contributed by atoms with Crippen LogP contribution in [0.25, 0.3) is 0 Å². The molecule has 0 saturated carbocycles. The molecule has 0 bridgehead atoms. The molecule has 0 fully saturated rings. The number of hydrogen-bond acceptors (Lipinski definition) is 7. The number of aliphatic carboxylic acids is 1. The highest BCUT2D eigenvalue weighted by atomic mass is 16.4. The second kappa shape index (κ2) is 11.4. The number of nitrogens with one attached hydrogen (secondary N) is 2. The fourth-order valence-electron chi connectivity index (χ4n) is 2.48. The van der Waals surface area contributed by atoms with Crippen molar-refractivity contribution in [1.29, 1.82) is 0 Å². The smallest absolute Gasteiger partial charge is 0.326 e. The fraction of sp³-hybridized carbons (Fsp3) is 0.389. The van der Waals surface area contributed by atoms with Crippen molar-refractivity contribution in [2.45, 2.75) is 43.8 Å². The zero-order valence-electron chi connectivity index (χ0n) is 16.0. The molecule has 1 aromatic carbocycles. The lowest BCUT2D eigenvalue weighted by molar-refractivity contribution is -0.142. The van der Waals surface area contributed by atoms with E-state index in [1.54, 1.807) is 12.1 Å². The first-order valence-electron chi connectivity index (χ1n) is 8.93. The minimum Gasteiger partial charge on any atom is -0.508 e. The number of carbonyl (C=O) groups is 5. The molecule has 1 aromatic rings. The number of primary amides is 2. The van der Waals surface area contributed by atoms with Gasteiger partial charge in [0, 0.05) is 6.42 Å². The summed E-state index contributed by atoms with van der Waals surface area (Å²) in [4.78, 5) is 58.2. The van der Waals surface area contributed by atoms with Crippen molar-refractivity contribution in [2.24, 2.45) is 17.2 Å². The van der Waals surface area contributed by atoms with E-state index in [-0.39, 0.29) is 25.0 Å². The Morgan fingerprint density at radius 2 is 1.47 bits per heavy atom. The Labute approximate surface area is 171 Å². The lowest BCUT2D eigenvalue weighted by Gasteiger charge is -2.22. The van der Waals surface area contributed by atoms with Gasteiger partial charge < -0.3 is 38.0 Å². The maximum absolute atomic E-state index is 12.4. The number of carboxylic acids is 1. The number of aromatic hydroxyl groups is 1. The summed E-state index contributed by atoms with van der Waals surface area (Å²) in [5.74, 6) is -4.79. The molecule has 0 heterocycles. The van der Waals surface area contributed by atoms with Crippen LogP contribution >= 0.6 is 0 Å². The number of benzene rings is 1. The van der Waals surface area contributed by atoms with Gasteiger partial charge in [-0.2, -0.15) is 0 Å². The Hall–Kier alpha value is -3.67. The average molecular weight is 423 g/mol. The van der Waals surface area contributed by atoms with Crippen LogP contribution in [0.4, 0.5) is 0 Å². The number of rotatable bonds is 12. The highest BCUT2D eigenvalue weighted by molar-refractivity contribution is 5.94. The van der Waals surface area contributed by atoms with Crippen LogP contribution in [0.2, 0.25) is 0 Å². The Morgan fingerprint density at radius 3 is 1.97 bits per heavy atom. The number of nitrogens with two attached hydrogens (primary N) is 3. The standard InChI is InChI=1S/C18H25N5O7/c19-11(7-9-1-3-10(24)4-2-9)16(27)23-13(8-15(21)26)17(28)22-12(18(29)30)5-6-14(20)25/h1-4,11-13,24H,5-8,19H2,(H2,20,25)(H2,21,26)(H,22,28)(H,23,27)(H,29,30). The van der Waals surface area contributed by atoms with Crippen LogP contribution in [0, 0.1) is 0 Å². The molecule has 3 unspecified atom stereocenters. The molecule has 0 aromatic heterocycles. The second-order valence-electron chi connectivity index (χ2n) is 6.61. The molecule has 3 atom stereocenters. The Balaban J connectivity index is 2.80. The zero-order valence-corrected chi connectivity index (χ0v) is 16.0. The molecule has 4 amide bonds. The predicted molar refractivity (Wildman–Crippen MR) is 104 cm³/mol. The molecular weight excluding hydrogens is 398 g/mol. The highest BCUT2D eigenvalue weighted by Gasteiger charge is 2.29. The monoisotopic (exact) mass is 423 g/mol. The van der Waals surface area contributed by atoms with Crippen LogP contribution in [0.5, 0.6) is 5.75 Å². The molecule has 0 spiro atoms. The molecule has 0 aliphatic rings. The van der Waals surface area contributed by atoms with Gasteiger partial charge in [0.2, 0.25) is 23.6 Å². The first-order chi connectivity index (χ1) is 14.0. The summed E-state index contributed by atoms with van der Waals surface area (Å²) in [6.07, 6.45) is -1.07. The highest BCUT2D eigenvalue weighted by Crippen LogP contribution is 2.11. The Bertz CT molecular complexity index is 797. The molecule has 12 heteroatoms. The fourth-order valence-corrected chi connectivity index (χ4v) is 2.48. The largest absolute Gasteiger partial charge is 0.508 e. The van der Waals surface area contributed by atoms with Crippen LogP contribution < -0.4 is 27.8 Å². The van der Waals surface area contributed by atoms with E-state index in [0.29, 0.717) is 5.56 Å². The van der Waals surface area contributed by atoms with Gasteiger partial charge in [0.25, 0.3) is 0 Å². The maximum atomic E-state index is 12.4. The van der Waals surface area contributed by atoms with Crippen molar-refractivity contribution in [3.8, 4) is 5.75 Å². The van der Waals surface area contributed by atoms with E-state index in [2.05, 4.69) is 10.6 Å². The molecule has 0 saturated heterocycles. The van der Waals surface area contributed by atoms with Crippen molar-refractivity contribution in [3.05, 3.63) is 29.8 Å². The van der Waals surface area contributed by atoms with Gasteiger partial charge >= 0.3 is 5.97 Å². The number of phenolic OH excluding ortho intramolecular Hbond substituents is 1. The lowest BCUT2D eigenvalue weighted by atomic mass is 10.0. The lowest BCUT2D eigenvalue weighted by Crippen LogP contribution is -2.55. The SMILES string of the molecule is NC(=O)CCC(NC(=O)C(CC(N)=O)NC(=O)C(N)Cc1ccc(O)cc1)C(=O)O. The summed E-state index contributed by atoms with van der Waals surface area (Å²) in [6, 6.07) is 1.95. The summed E-state index contributed by atoms with van der Waals surface area (Å²) in [6.45, 7) is 0. The van der Waals surface area contributed by atoms with E-state index < -0.39 is 54.1 Å². The van der Waals surface area contributed by atoms with Gasteiger partial charge in [0.15, 0.2) is 0 Å². The van der Waals surface area contributed by atoms with Crippen LogP contribution in [-0.4, -0.2) is 57.9 Å². The van der Waals surface area contributed by atoms with Crippen molar-refractivity contribution in [2.75, 3.05) is 0 Å². The van der Waals surface area contributed by atoms with Crippen LogP contribution in [0.3, 0.4) is 0 Å². The van der Waals surface area contributed by atoms with Gasteiger partial charge in [0.05, 0.1) is 12.5 Å². The number of carboxylic acid groups (broad SMARTS) is 1. The van der Waals surface area contributed by atoms with E-state index in [1.165, 1.54) is 12.1 Å². The van der Waals surface area contributed by atoms with Gasteiger partial charge in [0.1, 0.15) is 17.8 Å². The summed E-state index contributed by atoms with van der Waals surface area (Å²) in [7, 11) is 0. The summed E-state index contributed by atoms with van der Waals surface area (Å²) >= 11 is 0. The first-order valence-corrected chi connectivity index (χ1v) is 8.93. The van der Waals surface area contributed by atoms with Gasteiger partial charge in [-0.05, 0) is 30.5 Å².